The third kappa shape index (κ3) is 2.07. The molecule has 0 bridgehead atoms. The van der Waals surface area contributed by atoms with E-state index in [-0.39, 0.29) is 4.87 Å². The van der Waals surface area contributed by atoms with Gasteiger partial charge >= 0.3 is 10.8 Å². The Balaban J connectivity index is 2.32. The van der Waals surface area contributed by atoms with Gasteiger partial charge in [0.15, 0.2) is 0 Å². The Morgan fingerprint density at radius 1 is 1.56 bits per heavy atom. The Kier molecular flexibility index (Phi) is 2.93. The van der Waals surface area contributed by atoms with Crippen molar-refractivity contribution < 1.29 is 9.90 Å². The van der Waals surface area contributed by atoms with Gasteiger partial charge < -0.3 is 9.67 Å². The normalized spacial score (nSPS) is 10.6. The first-order valence-electron chi connectivity index (χ1n) is 4.54. The van der Waals surface area contributed by atoms with Crippen molar-refractivity contribution in [2.24, 2.45) is 0 Å². The highest BCUT2D eigenvalue weighted by Crippen LogP contribution is 2.22. The Morgan fingerprint density at radius 3 is 2.81 bits per heavy atom. The van der Waals surface area contributed by atoms with Crippen LogP contribution in [0.25, 0.3) is 0 Å². The first-order valence-corrected chi connectivity index (χ1v) is 6.24. The topological polar surface area (TPSA) is 59.3 Å². The fourth-order valence-electron chi connectivity index (χ4n) is 1.37. The van der Waals surface area contributed by atoms with E-state index in [2.05, 4.69) is 0 Å². The summed E-state index contributed by atoms with van der Waals surface area (Å²) in [7, 11) is 0. The fourth-order valence-corrected chi connectivity index (χ4v) is 2.83. The minimum Gasteiger partial charge on any atom is -0.477 e. The highest BCUT2D eigenvalue weighted by Gasteiger charge is 2.11. The van der Waals surface area contributed by atoms with E-state index in [0.29, 0.717) is 11.4 Å². The number of thiophene rings is 1. The number of aromatic carboxylic acids is 1. The molecule has 0 fully saturated rings. The molecule has 0 saturated carbocycles. The zero-order chi connectivity index (χ0) is 11.7. The second-order valence-electron chi connectivity index (χ2n) is 3.29. The maximum atomic E-state index is 11.3. The maximum Gasteiger partial charge on any atom is 0.345 e. The van der Waals surface area contributed by atoms with Crippen LogP contribution < -0.4 is 4.87 Å². The van der Waals surface area contributed by atoms with Crippen LogP contribution in [0.3, 0.4) is 0 Å². The number of rotatable bonds is 3. The zero-order valence-corrected chi connectivity index (χ0v) is 10.1. The molecule has 0 aliphatic carbocycles. The van der Waals surface area contributed by atoms with Gasteiger partial charge in [-0.1, -0.05) is 11.3 Å². The predicted molar refractivity (Wildman–Crippen MR) is 63.7 cm³/mol. The van der Waals surface area contributed by atoms with Gasteiger partial charge in [-0.3, -0.25) is 4.79 Å². The van der Waals surface area contributed by atoms with E-state index in [0.717, 1.165) is 21.8 Å². The molecule has 1 N–H and O–H groups in total. The Hall–Kier alpha value is -1.40. The first kappa shape index (κ1) is 11.1. The van der Waals surface area contributed by atoms with Gasteiger partial charge in [-0.2, -0.15) is 0 Å². The molecule has 0 unspecified atom stereocenters. The van der Waals surface area contributed by atoms with Crippen LogP contribution in [0.15, 0.2) is 22.4 Å². The van der Waals surface area contributed by atoms with E-state index in [1.807, 2.05) is 6.92 Å². The smallest absolute Gasteiger partial charge is 0.345 e. The van der Waals surface area contributed by atoms with Crippen LogP contribution in [0.1, 0.15) is 20.1 Å². The van der Waals surface area contributed by atoms with E-state index in [1.54, 1.807) is 22.2 Å². The summed E-state index contributed by atoms with van der Waals surface area (Å²) < 4.78 is 1.57. The lowest BCUT2D eigenvalue weighted by Gasteiger charge is -1.99. The first-order chi connectivity index (χ1) is 7.58. The summed E-state index contributed by atoms with van der Waals surface area (Å²) >= 11 is 2.38. The number of aromatic nitrogens is 1. The van der Waals surface area contributed by atoms with Crippen molar-refractivity contribution in [3.8, 4) is 0 Å². The Morgan fingerprint density at radius 2 is 2.31 bits per heavy atom. The van der Waals surface area contributed by atoms with Gasteiger partial charge in [-0.05, 0) is 18.6 Å². The zero-order valence-electron chi connectivity index (χ0n) is 8.47. The van der Waals surface area contributed by atoms with E-state index in [9.17, 15) is 9.59 Å². The molecule has 2 aromatic heterocycles. The number of carboxylic acids is 1. The summed E-state index contributed by atoms with van der Waals surface area (Å²) in [5, 5.41) is 10.6. The highest BCUT2D eigenvalue weighted by atomic mass is 32.1. The van der Waals surface area contributed by atoms with Crippen LogP contribution in [-0.2, 0) is 6.54 Å². The third-order valence-corrected chi connectivity index (χ3v) is 3.99. The van der Waals surface area contributed by atoms with Gasteiger partial charge in [0.2, 0.25) is 0 Å². The van der Waals surface area contributed by atoms with E-state index in [4.69, 9.17) is 5.11 Å². The molecule has 0 aromatic carbocycles. The van der Waals surface area contributed by atoms with Gasteiger partial charge in [0.25, 0.3) is 0 Å². The predicted octanol–water partition coefficient (Wildman–Crippen LogP) is 2.03. The minimum absolute atomic E-state index is 0.0255. The van der Waals surface area contributed by atoms with Crippen molar-refractivity contribution in [3.05, 3.63) is 42.6 Å². The van der Waals surface area contributed by atoms with Crippen LogP contribution in [0.4, 0.5) is 0 Å². The summed E-state index contributed by atoms with van der Waals surface area (Å²) in [6.07, 6.45) is 1.71. The standard InChI is InChI=1S/C10H9NO3S2/c1-6-7(4-8(16-6)9(12)13)5-11-2-3-15-10(11)14/h2-4H,5H2,1H3,(H,12,13). The molecule has 4 nitrogen and oxygen atoms in total. The minimum atomic E-state index is -0.919. The van der Waals surface area contributed by atoms with Crippen LogP contribution in [0.5, 0.6) is 0 Å². The lowest BCUT2D eigenvalue weighted by molar-refractivity contribution is 0.0702. The number of thiazole rings is 1. The van der Waals surface area contributed by atoms with Gasteiger partial charge in [0, 0.05) is 16.5 Å². The third-order valence-electron chi connectivity index (χ3n) is 2.22. The lowest BCUT2D eigenvalue weighted by Crippen LogP contribution is -2.12. The highest BCUT2D eigenvalue weighted by molar-refractivity contribution is 7.14. The van der Waals surface area contributed by atoms with Crippen molar-refractivity contribution in [1.29, 1.82) is 0 Å². The molecule has 0 aliphatic heterocycles. The van der Waals surface area contributed by atoms with Crippen LogP contribution >= 0.6 is 22.7 Å². The number of hydrogen-bond acceptors (Lipinski definition) is 4. The average Bonchev–Trinajstić information content (AvgIpc) is 2.76. The Labute approximate surface area is 99.4 Å². The summed E-state index contributed by atoms with van der Waals surface area (Å²) in [5.74, 6) is -0.919. The van der Waals surface area contributed by atoms with Crippen LogP contribution in [0.2, 0.25) is 0 Å². The van der Waals surface area contributed by atoms with E-state index in [1.165, 1.54) is 11.3 Å². The van der Waals surface area contributed by atoms with Crippen LogP contribution in [0, 0.1) is 6.92 Å². The molecule has 0 amide bonds. The van der Waals surface area contributed by atoms with Crippen molar-refractivity contribution in [2.75, 3.05) is 0 Å². The monoisotopic (exact) mass is 255 g/mol. The molecule has 6 heteroatoms. The largest absolute Gasteiger partial charge is 0.477 e. The van der Waals surface area contributed by atoms with Gasteiger partial charge in [-0.25, -0.2) is 4.79 Å². The lowest BCUT2D eigenvalue weighted by atomic mass is 10.2. The van der Waals surface area contributed by atoms with Gasteiger partial charge in [-0.15, -0.1) is 11.3 Å². The fraction of sp³-hybridized carbons (Fsp3) is 0.200. The molecule has 84 valence electrons. The molecule has 0 saturated heterocycles. The number of carbonyl (C=O) groups is 1. The van der Waals surface area contributed by atoms with Gasteiger partial charge in [0.05, 0.1) is 6.54 Å². The van der Waals surface area contributed by atoms with Crippen LogP contribution in [-0.4, -0.2) is 15.6 Å². The second-order valence-corrected chi connectivity index (χ2v) is 5.41. The second kappa shape index (κ2) is 4.23. The van der Waals surface area contributed by atoms with E-state index < -0.39 is 5.97 Å². The molecule has 0 aliphatic rings. The molecule has 0 spiro atoms. The maximum absolute atomic E-state index is 11.3. The SMILES string of the molecule is Cc1sc(C(=O)O)cc1Cn1ccsc1=O. The van der Waals surface area contributed by atoms with Crippen molar-refractivity contribution in [1.82, 2.24) is 4.57 Å². The molecule has 0 radical (unpaired) electrons. The number of carboxylic acid groups (broad SMARTS) is 1. The number of hydrogen-bond donors (Lipinski definition) is 1. The summed E-state index contributed by atoms with van der Waals surface area (Å²) in [5.41, 5.74) is 0.892. The average molecular weight is 255 g/mol. The van der Waals surface area contributed by atoms with E-state index >= 15 is 0 Å². The molecule has 2 rings (SSSR count). The molecule has 0 atom stereocenters. The Bertz CT molecular complexity index is 579. The van der Waals surface area contributed by atoms with Crippen molar-refractivity contribution in [2.45, 2.75) is 13.5 Å². The quantitative estimate of drug-likeness (QED) is 0.912. The molecule has 2 aromatic rings. The summed E-state index contributed by atoms with van der Waals surface area (Å²) in [4.78, 5) is 23.4. The molecule has 2 heterocycles. The van der Waals surface area contributed by atoms with Crippen molar-refractivity contribution in [3.63, 3.8) is 0 Å². The molecular weight excluding hydrogens is 246 g/mol. The molecule has 16 heavy (non-hydrogen) atoms. The van der Waals surface area contributed by atoms with Crippen molar-refractivity contribution >= 4 is 28.6 Å². The summed E-state index contributed by atoms with van der Waals surface area (Å²) in [6, 6.07) is 1.63. The van der Waals surface area contributed by atoms with Gasteiger partial charge in [0.1, 0.15) is 4.88 Å². The summed E-state index contributed by atoms with van der Waals surface area (Å²) in [6.45, 7) is 2.31. The number of nitrogens with zero attached hydrogens (tertiary/aromatic N) is 1. The molecular formula is C10H9NO3S2. The number of aryl methyl sites for hydroxylation is 1.